The van der Waals surface area contributed by atoms with Gasteiger partial charge in [-0.2, -0.15) is 5.26 Å². The Hall–Kier alpha value is -3.01. The summed E-state index contributed by atoms with van der Waals surface area (Å²) in [7, 11) is 0. The minimum absolute atomic E-state index is 0.273. The molecule has 0 aliphatic carbocycles. The summed E-state index contributed by atoms with van der Waals surface area (Å²) in [4.78, 5) is 12.8. The van der Waals surface area contributed by atoms with Gasteiger partial charge in [-0.15, -0.1) is 0 Å². The molecule has 6 nitrogen and oxygen atoms in total. The first-order valence-corrected chi connectivity index (χ1v) is 9.17. The molecule has 2 atom stereocenters. The van der Waals surface area contributed by atoms with Gasteiger partial charge in [-0.05, 0) is 56.3 Å². The van der Waals surface area contributed by atoms with E-state index < -0.39 is 17.7 Å². The van der Waals surface area contributed by atoms with Gasteiger partial charge < -0.3 is 9.84 Å². The van der Waals surface area contributed by atoms with Crippen LogP contribution in [-0.2, 0) is 0 Å². The molecule has 1 aliphatic rings. The van der Waals surface area contributed by atoms with Crippen molar-refractivity contribution in [1.82, 2.24) is 9.36 Å². The molecule has 142 valence electrons. The third-order valence-corrected chi connectivity index (χ3v) is 5.26. The lowest BCUT2D eigenvalue weighted by Crippen LogP contribution is -2.52. The number of nitriles is 1. The summed E-state index contributed by atoms with van der Waals surface area (Å²) in [5, 5.41) is 21.0. The second kappa shape index (κ2) is 6.55. The van der Waals surface area contributed by atoms with Crippen LogP contribution in [0.4, 0.5) is 0 Å². The van der Waals surface area contributed by atoms with Crippen molar-refractivity contribution in [3.63, 3.8) is 0 Å². The number of hydrogen-bond acceptors (Lipinski definition) is 4. The van der Waals surface area contributed by atoms with Crippen LogP contribution < -0.4 is 10.3 Å². The molecule has 4 rings (SSSR count). The zero-order valence-electron chi connectivity index (χ0n) is 15.3. The fourth-order valence-electron chi connectivity index (χ4n) is 3.57. The van der Waals surface area contributed by atoms with Gasteiger partial charge in [-0.1, -0.05) is 11.6 Å². The van der Waals surface area contributed by atoms with Gasteiger partial charge >= 0.3 is 0 Å². The highest BCUT2D eigenvalue weighted by molar-refractivity contribution is 6.30. The molecule has 1 N–H and O–H groups in total. The molecular weight excluding hydrogens is 378 g/mol. The third kappa shape index (κ3) is 2.89. The van der Waals surface area contributed by atoms with E-state index in [0.717, 1.165) is 5.69 Å². The van der Waals surface area contributed by atoms with Crippen molar-refractivity contribution in [3.8, 4) is 17.5 Å². The van der Waals surface area contributed by atoms with E-state index in [2.05, 4.69) is 6.07 Å². The van der Waals surface area contributed by atoms with E-state index in [1.165, 1.54) is 10.7 Å². The van der Waals surface area contributed by atoms with Crippen LogP contribution >= 0.6 is 11.6 Å². The first kappa shape index (κ1) is 18.4. The molecule has 0 saturated heterocycles. The zero-order valence-corrected chi connectivity index (χ0v) is 16.1. The number of halogens is 1. The highest BCUT2D eigenvalue weighted by Crippen LogP contribution is 2.42. The number of aromatic nitrogens is 2. The van der Waals surface area contributed by atoms with E-state index in [4.69, 9.17) is 16.3 Å². The Kier molecular flexibility index (Phi) is 4.30. The lowest BCUT2D eigenvalue weighted by Gasteiger charge is -2.42. The Morgan fingerprint density at radius 1 is 1.18 bits per heavy atom. The number of rotatable bonds is 2. The second-order valence-electron chi connectivity index (χ2n) is 7.28. The maximum atomic E-state index is 12.8. The molecule has 7 heteroatoms. The van der Waals surface area contributed by atoms with Crippen LogP contribution in [0.5, 0.6) is 5.75 Å². The molecule has 0 fully saturated rings. The predicted octanol–water partition coefficient (Wildman–Crippen LogP) is 3.29. The van der Waals surface area contributed by atoms with Gasteiger partial charge in [0.15, 0.2) is 0 Å². The Balaban J connectivity index is 1.97. The van der Waals surface area contributed by atoms with Crippen LogP contribution in [0, 0.1) is 11.3 Å². The first-order chi connectivity index (χ1) is 13.3. The largest absolute Gasteiger partial charge is 0.485 e. The smallest absolute Gasteiger partial charge is 0.267 e. The van der Waals surface area contributed by atoms with Crippen molar-refractivity contribution in [2.45, 2.75) is 31.6 Å². The van der Waals surface area contributed by atoms with E-state index in [9.17, 15) is 15.2 Å². The Bertz CT molecular complexity index is 1140. The molecule has 0 radical (unpaired) electrons. The average molecular weight is 396 g/mol. The number of aliphatic hydroxyl groups excluding tert-OH is 1. The molecule has 0 spiro atoms. The molecule has 0 bridgehead atoms. The molecule has 2 heterocycles. The summed E-state index contributed by atoms with van der Waals surface area (Å²) in [6.45, 7) is 3.54. The van der Waals surface area contributed by atoms with Crippen molar-refractivity contribution < 1.29 is 9.84 Å². The van der Waals surface area contributed by atoms with Crippen LogP contribution in [0.3, 0.4) is 0 Å². The van der Waals surface area contributed by atoms with Gasteiger partial charge in [-0.3, -0.25) is 9.48 Å². The van der Waals surface area contributed by atoms with Crippen molar-refractivity contribution >= 4 is 11.6 Å². The summed E-state index contributed by atoms with van der Waals surface area (Å²) < 4.78 is 9.12. The molecule has 0 amide bonds. The average Bonchev–Trinajstić information content (AvgIpc) is 3.04. The molecule has 2 aromatic carbocycles. The van der Waals surface area contributed by atoms with E-state index >= 15 is 0 Å². The monoisotopic (exact) mass is 395 g/mol. The molecule has 1 aliphatic heterocycles. The zero-order chi connectivity index (χ0) is 20.1. The van der Waals surface area contributed by atoms with Gasteiger partial charge in [0.25, 0.3) is 5.56 Å². The van der Waals surface area contributed by atoms with E-state index in [1.54, 1.807) is 67.2 Å². The Morgan fingerprint density at radius 3 is 2.57 bits per heavy atom. The number of aliphatic hydroxyl groups is 1. The van der Waals surface area contributed by atoms with Gasteiger partial charge in [0, 0.05) is 22.8 Å². The highest BCUT2D eigenvalue weighted by atomic mass is 35.5. The number of benzene rings is 2. The summed E-state index contributed by atoms with van der Waals surface area (Å²) in [5.41, 5.74) is 0.533. The molecule has 1 aromatic heterocycles. The molecule has 0 saturated carbocycles. The summed E-state index contributed by atoms with van der Waals surface area (Å²) in [6.07, 6.45) is 0.627. The van der Waals surface area contributed by atoms with Crippen molar-refractivity contribution in [1.29, 1.82) is 5.26 Å². The van der Waals surface area contributed by atoms with Crippen LogP contribution in [0.1, 0.15) is 31.0 Å². The fourth-order valence-corrected chi connectivity index (χ4v) is 3.69. The van der Waals surface area contributed by atoms with Crippen molar-refractivity contribution in [2.24, 2.45) is 0 Å². The van der Waals surface area contributed by atoms with Gasteiger partial charge in [0.2, 0.25) is 0 Å². The minimum Gasteiger partial charge on any atom is -0.485 e. The third-order valence-electron chi connectivity index (χ3n) is 5.01. The summed E-state index contributed by atoms with van der Waals surface area (Å²) in [6, 6.07) is 14.9. The van der Waals surface area contributed by atoms with E-state index in [-0.39, 0.29) is 5.56 Å². The maximum absolute atomic E-state index is 12.8. The van der Waals surface area contributed by atoms with Gasteiger partial charge in [0.1, 0.15) is 23.5 Å². The molecule has 3 aromatic rings. The number of ether oxygens (including phenoxy) is 1. The highest BCUT2D eigenvalue weighted by Gasteiger charge is 2.45. The second-order valence-corrected chi connectivity index (χ2v) is 7.72. The number of fused-ring (bicyclic) bond motifs is 1. The van der Waals surface area contributed by atoms with Gasteiger partial charge in [-0.25, -0.2) is 4.68 Å². The lowest BCUT2D eigenvalue weighted by molar-refractivity contribution is -0.0675. The summed E-state index contributed by atoms with van der Waals surface area (Å²) >= 11 is 5.99. The number of hydrogen-bond donors (Lipinski definition) is 1. The van der Waals surface area contributed by atoms with Crippen molar-refractivity contribution in [3.05, 3.63) is 81.2 Å². The topological polar surface area (TPSA) is 80.2 Å². The van der Waals surface area contributed by atoms with Crippen LogP contribution in [0.25, 0.3) is 5.69 Å². The molecular formula is C21H18ClN3O3. The normalized spacial score (nSPS) is 20.1. The van der Waals surface area contributed by atoms with E-state index in [1.807, 2.05) is 0 Å². The Morgan fingerprint density at radius 2 is 1.89 bits per heavy atom. The minimum atomic E-state index is -1.02. The first-order valence-electron chi connectivity index (χ1n) is 8.79. The SMILES string of the molecule is CC1(C)Oc2ccc(C#N)cc2C(n2c(=O)ccn2-c2ccc(Cl)cc2)C1O. The number of nitrogens with zero attached hydrogens (tertiary/aromatic N) is 3. The lowest BCUT2D eigenvalue weighted by atomic mass is 9.86. The maximum Gasteiger partial charge on any atom is 0.267 e. The fraction of sp³-hybridized carbons (Fsp3) is 0.238. The quantitative estimate of drug-likeness (QED) is 0.722. The molecule has 2 unspecified atom stereocenters. The van der Waals surface area contributed by atoms with E-state index in [0.29, 0.717) is 21.9 Å². The van der Waals surface area contributed by atoms with Crippen LogP contribution in [-0.4, -0.2) is 26.2 Å². The van der Waals surface area contributed by atoms with Crippen LogP contribution in [0.15, 0.2) is 59.5 Å². The van der Waals surface area contributed by atoms with Crippen LogP contribution in [0.2, 0.25) is 5.02 Å². The van der Waals surface area contributed by atoms with Crippen molar-refractivity contribution in [2.75, 3.05) is 0 Å². The Labute approximate surface area is 166 Å². The van der Waals surface area contributed by atoms with Gasteiger partial charge in [0.05, 0.1) is 17.3 Å². The summed E-state index contributed by atoms with van der Waals surface area (Å²) in [5.74, 6) is 0.537. The standard InChI is InChI=1S/C21H18ClN3O3/c1-21(2)20(27)19(16-11-13(12-23)3-8-17(16)28-21)25-18(26)9-10-24(25)15-6-4-14(22)5-7-15/h3-11,19-20,27H,1-2H3. The predicted molar refractivity (Wildman–Crippen MR) is 105 cm³/mol. The molecule has 28 heavy (non-hydrogen) atoms.